The van der Waals surface area contributed by atoms with Gasteiger partial charge in [-0.25, -0.2) is 0 Å². The highest BCUT2D eigenvalue weighted by molar-refractivity contribution is 7.09. The zero-order valence-electron chi connectivity index (χ0n) is 11.0. The van der Waals surface area contributed by atoms with Gasteiger partial charge in [-0.2, -0.15) is 9.36 Å². The summed E-state index contributed by atoms with van der Waals surface area (Å²) in [5.74, 6) is 1.94. The van der Waals surface area contributed by atoms with Gasteiger partial charge in [0.05, 0.1) is 12.0 Å². The van der Waals surface area contributed by atoms with Gasteiger partial charge in [0.25, 0.3) is 0 Å². The summed E-state index contributed by atoms with van der Waals surface area (Å²) in [6.45, 7) is 4.24. The molecule has 0 N–H and O–H groups in total. The number of ether oxygens (including phenoxy) is 1. The van der Waals surface area contributed by atoms with E-state index in [9.17, 15) is 0 Å². The minimum atomic E-state index is 0.578. The summed E-state index contributed by atoms with van der Waals surface area (Å²) in [6.07, 6.45) is 2.35. The Hall–Kier alpha value is -1.63. The second-order valence-corrected chi connectivity index (χ2v) is 5.61. The predicted octanol–water partition coefficient (Wildman–Crippen LogP) is 2.44. The SMILES string of the molecule is COc1cc(-c2noc(N3CCC(C)CC3)n2)sn1. The van der Waals surface area contributed by atoms with Crippen molar-refractivity contribution in [3.63, 3.8) is 0 Å². The van der Waals surface area contributed by atoms with Crippen molar-refractivity contribution in [2.75, 3.05) is 25.1 Å². The van der Waals surface area contributed by atoms with E-state index in [4.69, 9.17) is 9.26 Å². The minimum Gasteiger partial charge on any atom is -0.480 e. The normalized spacial score (nSPS) is 16.8. The smallest absolute Gasteiger partial charge is 0.324 e. The molecular weight excluding hydrogens is 264 g/mol. The molecule has 0 unspecified atom stereocenters. The third kappa shape index (κ3) is 2.56. The van der Waals surface area contributed by atoms with Gasteiger partial charge in [-0.05, 0) is 30.3 Å². The van der Waals surface area contributed by atoms with E-state index in [0.717, 1.165) is 23.9 Å². The summed E-state index contributed by atoms with van der Waals surface area (Å²) in [7, 11) is 1.59. The highest BCUT2D eigenvalue weighted by atomic mass is 32.1. The Kier molecular flexibility index (Phi) is 3.37. The lowest BCUT2D eigenvalue weighted by atomic mass is 10.00. The van der Waals surface area contributed by atoms with Gasteiger partial charge in [-0.1, -0.05) is 12.1 Å². The van der Waals surface area contributed by atoms with Crippen LogP contribution in [-0.4, -0.2) is 34.7 Å². The van der Waals surface area contributed by atoms with Crippen LogP contribution in [0, 0.1) is 5.92 Å². The summed E-state index contributed by atoms with van der Waals surface area (Å²) in [6, 6.07) is 2.42. The first kappa shape index (κ1) is 12.4. The summed E-state index contributed by atoms with van der Waals surface area (Å²) < 4.78 is 14.5. The van der Waals surface area contributed by atoms with Gasteiger partial charge in [0.1, 0.15) is 0 Å². The van der Waals surface area contributed by atoms with Crippen LogP contribution in [0.25, 0.3) is 10.7 Å². The molecule has 0 saturated carbocycles. The number of anilines is 1. The van der Waals surface area contributed by atoms with Gasteiger partial charge in [-0.15, -0.1) is 0 Å². The molecule has 0 aromatic carbocycles. The van der Waals surface area contributed by atoms with Crippen LogP contribution in [0.1, 0.15) is 19.8 Å². The summed E-state index contributed by atoms with van der Waals surface area (Å²) in [4.78, 5) is 7.45. The van der Waals surface area contributed by atoms with E-state index in [1.165, 1.54) is 24.4 Å². The number of nitrogens with zero attached hydrogens (tertiary/aromatic N) is 4. The monoisotopic (exact) mass is 280 g/mol. The Bertz CT molecular complexity index is 545. The van der Waals surface area contributed by atoms with Crippen LogP contribution in [-0.2, 0) is 0 Å². The molecule has 7 heteroatoms. The molecule has 0 radical (unpaired) electrons. The second kappa shape index (κ2) is 5.16. The van der Waals surface area contributed by atoms with Crippen LogP contribution in [0.3, 0.4) is 0 Å². The Balaban J connectivity index is 1.75. The highest BCUT2D eigenvalue weighted by Crippen LogP contribution is 2.28. The molecule has 1 aliphatic rings. The molecule has 3 rings (SSSR count). The van der Waals surface area contributed by atoms with Crippen LogP contribution >= 0.6 is 11.5 Å². The molecule has 3 heterocycles. The Morgan fingerprint density at radius 2 is 2.21 bits per heavy atom. The molecule has 102 valence electrons. The van der Waals surface area contributed by atoms with Crippen molar-refractivity contribution in [2.45, 2.75) is 19.8 Å². The first-order valence-corrected chi connectivity index (χ1v) is 7.13. The lowest BCUT2D eigenvalue weighted by molar-refractivity contribution is 0.377. The fraction of sp³-hybridized carbons (Fsp3) is 0.583. The lowest BCUT2D eigenvalue weighted by Crippen LogP contribution is -2.32. The average molecular weight is 280 g/mol. The Morgan fingerprint density at radius 1 is 1.42 bits per heavy atom. The minimum absolute atomic E-state index is 0.578. The lowest BCUT2D eigenvalue weighted by Gasteiger charge is -2.28. The van der Waals surface area contributed by atoms with Crippen LogP contribution in [0.2, 0.25) is 0 Å². The molecule has 1 aliphatic heterocycles. The number of hydrogen-bond donors (Lipinski definition) is 0. The van der Waals surface area contributed by atoms with Crippen molar-refractivity contribution in [2.24, 2.45) is 5.92 Å². The van der Waals surface area contributed by atoms with E-state index < -0.39 is 0 Å². The highest BCUT2D eigenvalue weighted by Gasteiger charge is 2.21. The number of aromatic nitrogens is 3. The van der Waals surface area contributed by atoms with Crippen molar-refractivity contribution in [3.05, 3.63) is 6.07 Å². The summed E-state index contributed by atoms with van der Waals surface area (Å²) >= 11 is 1.31. The van der Waals surface area contributed by atoms with E-state index in [2.05, 4.69) is 26.3 Å². The van der Waals surface area contributed by atoms with Gasteiger partial charge >= 0.3 is 6.01 Å². The third-order valence-electron chi connectivity index (χ3n) is 3.39. The van der Waals surface area contributed by atoms with Crippen molar-refractivity contribution >= 4 is 17.5 Å². The molecule has 0 atom stereocenters. The van der Waals surface area contributed by atoms with E-state index in [0.29, 0.717) is 17.7 Å². The van der Waals surface area contributed by atoms with Gasteiger partial charge in [0, 0.05) is 19.2 Å². The molecule has 6 nitrogen and oxygen atoms in total. The summed E-state index contributed by atoms with van der Waals surface area (Å²) in [5.41, 5.74) is 0. The number of hydrogen-bond acceptors (Lipinski definition) is 7. The van der Waals surface area contributed by atoms with E-state index in [1.807, 2.05) is 6.07 Å². The van der Waals surface area contributed by atoms with E-state index >= 15 is 0 Å². The van der Waals surface area contributed by atoms with Crippen LogP contribution in [0.15, 0.2) is 10.6 Å². The van der Waals surface area contributed by atoms with Crippen LogP contribution in [0.5, 0.6) is 5.88 Å². The fourth-order valence-electron chi connectivity index (χ4n) is 2.10. The second-order valence-electron chi connectivity index (χ2n) is 4.80. The standard InChI is InChI=1S/C12H16N4O2S/c1-8-3-5-16(6-4-8)12-13-11(14-18-12)9-7-10(17-2)15-19-9/h7-8H,3-6H2,1-2H3. The van der Waals surface area contributed by atoms with Gasteiger partial charge in [0.15, 0.2) is 0 Å². The maximum Gasteiger partial charge on any atom is 0.324 e. The molecule has 2 aromatic heterocycles. The van der Waals surface area contributed by atoms with Crippen molar-refractivity contribution < 1.29 is 9.26 Å². The van der Waals surface area contributed by atoms with E-state index in [1.54, 1.807) is 7.11 Å². The molecule has 1 fully saturated rings. The first-order valence-electron chi connectivity index (χ1n) is 6.36. The predicted molar refractivity (Wildman–Crippen MR) is 72.6 cm³/mol. The molecule has 19 heavy (non-hydrogen) atoms. The van der Waals surface area contributed by atoms with E-state index in [-0.39, 0.29) is 0 Å². The first-order chi connectivity index (χ1) is 9.26. The van der Waals surface area contributed by atoms with Crippen LogP contribution in [0.4, 0.5) is 6.01 Å². The molecular formula is C12H16N4O2S. The summed E-state index contributed by atoms with van der Waals surface area (Å²) in [5, 5.41) is 4.02. The third-order valence-corrected chi connectivity index (χ3v) is 4.16. The molecule has 0 amide bonds. The zero-order chi connectivity index (χ0) is 13.2. The number of rotatable bonds is 3. The molecule has 0 spiro atoms. The van der Waals surface area contributed by atoms with Crippen molar-refractivity contribution in [1.82, 2.24) is 14.5 Å². The van der Waals surface area contributed by atoms with Crippen LogP contribution < -0.4 is 9.64 Å². The molecule has 2 aromatic rings. The quantitative estimate of drug-likeness (QED) is 0.860. The van der Waals surface area contributed by atoms with Crippen molar-refractivity contribution in [1.29, 1.82) is 0 Å². The Labute approximate surface area is 115 Å². The average Bonchev–Trinajstić information content (AvgIpc) is 3.08. The largest absolute Gasteiger partial charge is 0.480 e. The topological polar surface area (TPSA) is 64.3 Å². The molecule has 0 bridgehead atoms. The fourth-order valence-corrected chi connectivity index (χ4v) is 2.74. The molecule has 0 aliphatic carbocycles. The number of piperidine rings is 1. The maximum absolute atomic E-state index is 5.34. The van der Waals surface area contributed by atoms with Gasteiger partial charge < -0.3 is 14.2 Å². The van der Waals surface area contributed by atoms with Gasteiger partial charge in [-0.3, -0.25) is 0 Å². The number of methoxy groups -OCH3 is 1. The molecule has 1 saturated heterocycles. The van der Waals surface area contributed by atoms with Crippen molar-refractivity contribution in [3.8, 4) is 16.6 Å². The van der Waals surface area contributed by atoms with Gasteiger partial charge in [0.2, 0.25) is 11.7 Å². The zero-order valence-corrected chi connectivity index (χ0v) is 11.8. The maximum atomic E-state index is 5.34. The Morgan fingerprint density at radius 3 is 2.89 bits per heavy atom.